The molecule has 0 spiro atoms. The lowest BCUT2D eigenvalue weighted by molar-refractivity contribution is -0.132. The van der Waals surface area contributed by atoms with Crippen LogP contribution in [-0.2, 0) is 9.59 Å². The number of thioether (sulfide) groups is 1. The summed E-state index contributed by atoms with van der Waals surface area (Å²) in [4.78, 5) is 24.4. The molecule has 2 amide bonds. The van der Waals surface area contributed by atoms with E-state index >= 15 is 0 Å². The van der Waals surface area contributed by atoms with E-state index in [1.165, 1.54) is 0 Å². The molecule has 6 heteroatoms. The number of amides is 2. The third kappa shape index (κ3) is 5.97. The van der Waals surface area contributed by atoms with Crippen molar-refractivity contribution < 1.29 is 9.59 Å². The van der Waals surface area contributed by atoms with Gasteiger partial charge in [0.25, 0.3) is 0 Å². The lowest BCUT2D eigenvalue weighted by Gasteiger charge is -2.16. The lowest BCUT2D eigenvalue weighted by Crippen LogP contribution is -2.45. The van der Waals surface area contributed by atoms with Gasteiger partial charge in [-0.3, -0.25) is 9.59 Å². The highest BCUT2D eigenvalue weighted by atomic mass is 32.2. The van der Waals surface area contributed by atoms with Gasteiger partial charge < -0.3 is 16.0 Å². The number of hydrogen-bond acceptors (Lipinski definition) is 4. The van der Waals surface area contributed by atoms with Crippen molar-refractivity contribution in [2.24, 2.45) is 5.73 Å². The number of nitrogens with one attached hydrogen (secondary N) is 1. The molecule has 0 saturated carbocycles. The molecule has 5 nitrogen and oxygen atoms in total. The summed E-state index contributed by atoms with van der Waals surface area (Å²) in [5.74, 6) is 0.483. The summed E-state index contributed by atoms with van der Waals surface area (Å²) in [5, 5.41) is 2.54. The zero-order valence-corrected chi connectivity index (χ0v) is 11.0. The quantitative estimate of drug-likeness (QED) is 0.645. The van der Waals surface area contributed by atoms with Crippen LogP contribution in [-0.4, -0.2) is 54.9 Å². The molecule has 0 rings (SSSR count). The summed E-state index contributed by atoms with van der Waals surface area (Å²) in [6.07, 6.45) is 2.59. The molecule has 0 bridgehead atoms. The molecule has 0 aliphatic rings. The van der Waals surface area contributed by atoms with Crippen LogP contribution in [0.5, 0.6) is 0 Å². The topological polar surface area (TPSA) is 75.4 Å². The summed E-state index contributed by atoms with van der Waals surface area (Å²) in [6.45, 7) is 2.54. The van der Waals surface area contributed by atoms with Crippen molar-refractivity contribution in [3.8, 4) is 0 Å². The van der Waals surface area contributed by atoms with Gasteiger partial charge in [0, 0.05) is 13.6 Å². The molecule has 0 aromatic heterocycles. The maximum Gasteiger partial charge on any atom is 0.241 e. The third-order valence-corrected chi connectivity index (χ3v) is 2.93. The van der Waals surface area contributed by atoms with Gasteiger partial charge in [-0.05, 0) is 25.4 Å². The maximum absolute atomic E-state index is 11.4. The molecule has 0 saturated heterocycles. The minimum atomic E-state index is -0.521. The Hall–Kier alpha value is -0.750. The number of nitrogens with zero attached hydrogens (tertiary/aromatic N) is 1. The fourth-order valence-electron chi connectivity index (χ4n) is 0.981. The Labute approximate surface area is 101 Å². The summed E-state index contributed by atoms with van der Waals surface area (Å²) in [5.41, 5.74) is 5.65. The van der Waals surface area contributed by atoms with E-state index in [1.807, 2.05) is 13.2 Å². The maximum atomic E-state index is 11.4. The van der Waals surface area contributed by atoms with Crippen molar-refractivity contribution in [3.63, 3.8) is 0 Å². The second kappa shape index (κ2) is 8.41. The van der Waals surface area contributed by atoms with Gasteiger partial charge in [0.2, 0.25) is 11.8 Å². The summed E-state index contributed by atoms with van der Waals surface area (Å²) in [6, 6.07) is -0.521. The van der Waals surface area contributed by atoms with Gasteiger partial charge in [-0.2, -0.15) is 11.8 Å². The van der Waals surface area contributed by atoms with Crippen LogP contribution in [0.25, 0.3) is 0 Å². The van der Waals surface area contributed by atoms with Crippen LogP contribution in [0.15, 0.2) is 0 Å². The molecule has 0 aliphatic heterocycles. The zero-order valence-electron chi connectivity index (χ0n) is 10.2. The molecular weight excluding hydrogens is 226 g/mol. The average molecular weight is 247 g/mol. The SMILES string of the molecule is CCN(C)C(=O)CNC(=O)[C@H](N)CCSC. The van der Waals surface area contributed by atoms with E-state index in [2.05, 4.69) is 5.32 Å². The van der Waals surface area contributed by atoms with Gasteiger partial charge in [-0.1, -0.05) is 0 Å². The van der Waals surface area contributed by atoms with E-state index in [1.54, 1.807) is 23.7 Å². The Kier molecular flexibility index (Phi) is 8.01. The van der Waals surface area contributed by atoms with Crippen LogP contribution in [0.3, 0.4) is 0 Å². The normalized spacial score (nSPS) is 12.0. The van der Waals surface area contributed by atoms with Gasteiger partial charge >= 0.3 is 0 Å². The first-order chi connectivity index (χ1) is 7.52. The number of hydrogen-bond donors (Lipinski definition) is 2. The second-order valence-electron chi connectivity index (χ2n) is 3.51. The fraction of sp³-hybridized carbons (Fsp3) is 0.800. The van der Waals surface area contributed by atoms with Gasteiger partial charge in [-0.25, -0.2) is 0 Å². The average Bonchev–Trinajstić information content (AvgIpc) is 2.31. The van der Waals surface area contributed by atoms with Crippen LogP contribution < -0.4 is 11.1 Å². The van der Waals surface area contributed by atoms with Crippen molar-refractivity contribution >= 4 is 23.6 Å². The molecule has 0 aliphatic carbocycles. The first-order valence-electron chi connectivity index (χ1n) is 5.29. The lowest BCUT2D eigenvalue weighted by atomic mass is 10.2. The van der Waals surface area contributed by atoms with E-state index in [9.17, 15) is 9.59 Å². The molecule has 16 heavy (non-hydrogen) atoms. The van der Waals surface area contributed by atoms with E-state index < -0.39 is 6.04 Å². The van der Waals surface area contributed by atoms with Crippen molar-refractivity contribution in [1.29, 1.82) is 0 Å². The van der Waals surface area contributed by atoms with Crippen LogP contribution in [0.1, 0.15) is 13.3 Å². The Bertz CT molecular complexity index is 236. The van der Waals surface area contributed by atoms with E-state index in [0.717, 1.165) is 5.75 Å². The summed E-state index contributed by atoms with van der Waals surface area (Å²) in [7, 11) is 1.70. The molecule has 0 fully saturated rings. The van der Waals surface area contributed by atoms with Crippen molar-refractivity contribution in [2.45, 2.75) is 19.4 Å². The zero-order chi connectivity index (χ0) is 12.6. The first kappa shape index (κ1) is 15.2. The first-order valence-corrected chi connectivity index (χ1v) is 6.68. The minimum absolute atomic E-state index is 0.0239. The highest BCUT2D eigenvalue weighted by Crippen LogP contribution is 1.98. The largest absolute Gasteiger partial charge is 0.346 e. The van der Waals surface area contributed by atoms with Gasteiger partial charge in [-0.15, -0.1) is 0 Å². The number of carbonyl (C=O) groups excluding carboxylic acids is 2. The van der Waals surface area contributed by atoms with Gasteiger partial charge in [0.1, 0.15) is 0 Å². The molecule has 0 heterocycles. The third-order valence-electron chi connectivity index (χ3n) is 2.28. The Morgan fingerprint density at radius 2 is 2.12 bits per heavy atom. The molecule has 3 N–H and O–H groups in total. The number of nitrogens with two attached hydrogens (primary N) is 1. The monoisotopic (exact) mass is 247 g/mol. The summed E-state index contributed by atoms with van der Waals surface area (Å²) < 4.78 is 0. The number of carbonyl (C=O) groups is 2. The number of likely N-dealkylation sites (N-methyl/N-ethyl adjacent to an activating group) is 1. The van der Waals surface area contributed by atoms with E-state index in [0.29, 0.717) is 13.0 Å². The molecular formula is C10H21N3O2S. The molecule has 0 aromatic carbocycles. The summed E-state index contributed by atoms with van der Waals surface area (Å²) >= 11 is 1.65. The highest BCUT2D eigenvalue weighted by molar-refractivity contribution is 7.98. The smallest absolute Gasteiger partial charge is 0.241 e. The van der Waals surface area contributed by atoms with Gasteiger partial charge in [0.05, 0.1) is 12.6 Å². The minimum Gasteiger partial charge on any atom is -0.346 e. The molecule has 94 valence electrons. The molecule has 1 atom stereocenters. The van der Waals surface area contributed by atoms with E-state index in [-0.39, 0.29) is 18.4 Å². The van der Waals surface area contributed by atoms with Crippen molar-refractivity contribution in [1.82, 2.24) is 10.2 Å². The Balaban J connectivity index is 3.84. The van der Waals surface area contributed by atoms with Crippen LogP contribution in [0, 0.1) is 0 Å². The molecule has 0 radical (unpaired) electrons. The van der Waals surface area contributed by atoms with Crippen LogP contribution in [0.2, 0.25) is 0 Å². The number of rotatable bonds is 7. The predicted molar refractivity (Wildman–Crippen MR) is 67.3 cm³/mol. The molecule has 0 unspecified atom stereocenters. The highest BCUT2D eigenvalue weighted by Gasteiger charge is 2.14. The second-order valence-corrected chi connectivity index (χ2v) is 4.50. The van der Waals surface area contributed by atoms with Crippen LogP contribution >= 0.6 is 11.8 Å². The van der Waals surface area contributed by atoms with Crippen molar-refractivity contribution in [2.75, 3.05) is 32.1 Å². The van der Waals surface area contributed by atoms with Crippen LogP contribution in [0.4, 0.5) is 0 Å². The Morgan fingerprint density at radius 3 is 2.62 bits per heavy atom. The van der Waals surface area contributed by atoms with Gasteiger partial charge in [0.15, 0.2) is 0 Å². The van der Waals surface area contributed by atoms with E-state index in [4.69, 9.17) is 5.73 Å². The fourth-order valence-corrected chi connectivity index (χ4v) is 1.47. The molecule has 0 aromatic rings. The van der Waals surface area contributed by atoms with Crippen molar-refractivity contribution in [3.05, 3.63) is 0 Å². The standard InChI is InChI=1S/C10H21N3O2S/c1-4-13(2)9(14)7-12-10(15)8(11)5-6-16-3/h8H,4-7,11H2,1-3H3,(H,12,15)/t8-/m1/s1. The Morgan fingerprint density at radius 1 is 1.50 bits per heavy atom. The predicted octanol–water partition coefficient (Wildman–Crippen LogP) is -0.339.